The van der Waals surface area contributed by atoms with E-state index in [1.807, 2.05) is 0 Å². The van der Waals surface area contributed by atoms with E-state index in [0.717, 1.165) is 6.54 Å². The summed E-state index contributed by atoms with van der Waals surface area (Å²) >= 11 is 0. The Morgan fingerprint density at radius 2 is 1.58 bits per heavy atom. The van der Waals surface area contributed by atoms with Gasteiger partial charge in [0.1, 0.15) is 0 Å². The Balaban J connectivity index is 1.43. The average Bonchev–Trinajstić information content (AvgIpc) is 3.09. The van der Waals surface area contributed by atoms with Crippen molar-refractivity contribution in [1.29, 1.82) is 0 Å². The molecule has 5 nitrogen and oxygen atoms in total. The molecule has 1 saturated carbocycles. The minimum atomic E-state index is -0.103. The number of benzene rings is 1. The van der Waals surface area contributed by atoms with Crippen LogP contribution in [0.2, 0.25) is 0 Å². The van der Waals surface area contributed by atoms with Crippen molar-refractivity contribution in [3.05, 3.63) is 59.4 Å². The monoisotopic (exact) mass is 353 g/mol. The molecule has 1 heterocycles. The molecule has 26 heavy (non-hydrogen) atoms. The van der Waals surface area contributed by atoms with Crippen LogP contribution in [0.3, 0.4) is 0 Å². The maximum Gasteiger partial charge on any atom is 0.251 e. The summed E-state index contributed by atoms with van der Waals surface area (Å²) < 4.78 is 0. The zero-order valence-electron chi connectivity index (χ0n) is 15.1. The lowest BCUT2D eigenvalue weighted by atomic mass is 10.0. The first-order valence-electron chi connectivity index (χ1n) is 9.53. The molecule has 1 aromatic carbocycles. The fourth-order valence-electron chi connectivity index (χ4n) is 3.44. The van der Waals surface area contributed by atoms with Crippen molar-refractivity contribution >= 4 is 11.7 Å². The average molecular weight is 353 g/mol. The molecule has 1 amide bonds. The van der Waals surface area contributed by atoms with Gasteiger partial charge in [-0.2, -0.15) is 0 Å². The van der Waals surface area contributed by atoms with Crippen molar-refractivity contribution in [1.82, 2.24) is 15.6 Å². The number of carbonyl (C=O) groups excluding carboxylic acids is 2. The van der Waals surface area contributed by atoms with Crippen LogP contribution in [-0.2, 0) is 0 Å². The summed E-state index contributed by atoms with van der Waals surface area (Å²) in [4.78, 5) is 27.4. The van der Waals surface area contributed by atoms with Gasteiger partial charge in [0.15, 0.2) is 5.78 Å². The summed E-state index contributed by atoms with van der Waals surface area (Å²) in [6.07, 6.45) is 11.2. The van der Waals surface area contributed by atoms with E-state index in [0.29, 0.717) is 29.3 Å². The third kappa shape index (κ3) is 5.05. The normalized spacial score (nSPS) is 15.4. The predicted octanol–water partition coefficient (Wildman–Crippen LogP) is 3.29. The van der Waals surface area contributed by atoms with Crippen molar-refractivity contribution in [2.75, 3.05) is 13.1 Å². The molecule has 1 aromatic heterocycles. The smallest absolute Gasteiger partial charge is 0.251 e. The van der Waals surface area contributed by atoms with Gasteiger partial charge < -0.3 is 15.6 Å². The van der Waals surface area contributed by atoms with E-state index in [2.05, 4.69) is 15.6 Å². The van der Waals surface area contributed by atoms with Gasteiger partial charge in [-0.3, -0.25) is 9.59 Å². The Morgan fingerprint density at radius 3 is 2.23 bits per heavy atom. The largest absolute Gasteiger partial charge is 0.367 e. The van der Waals surface area contributed by atoms with Gasteiger partial charge in [0, 0.05) is 48.2 Å². The highest BCUT2D eigenvalue weighted by atomic mass is 16.1. The minimum Gasteiger partial charge on any atom is -0.367 e. The van der Waals surface area contributed by atoms with Crippen molar-refractivity contribution in [2.45, 2.75) is 44.6 Å². The van der Waals surface area contributed by atoms with Crippen LogP contribution in [0.5, 0.6) is 0 Å². The number of ketones is 1. The van der Waals surface area contributed by atoms with Crippen LogP contribution in [0.25, 0.3) is 0 Å². The number of H-pyrrole nitrogens is 1. The van der Waals surface area contributed by atoms with E-state index in [4.69, 9.17) is 0 Å². The molecule has 1 fully saturated rings. The number of hydrogen-bond acceptors (Lipinski definition) is 3. The standard InChI is InChI=1S/C21H27N3O2/c25-20(18-11-12-22-15-18)16-7-9-17(10-8-16)21(26)24-14-13-23-19-5-3-1-2-4-6-19/h7-12,15,19,22-23H,1-6,13-14H2,(H,24,26). The first kappa shape index (κ1) is 18.4. The summed E-state index contributed by atoms with van der Waals surface area (Å²) in [5.74, 6) is -0.154. The maximum absolute atomic E-state index is 12.2. The zero-order valence-corrected chi connectivity index (χ0v) is 15.1. The summed E-state index contributed by atoms with van der Waals surface area (Å²) in [7, 11) is 0. The first-order chi connectivity index (χ1) is 12.7. The molecule has 2 aromatic rings. The van der Waals surface area contributed by atoms with E-state index in [1.165, 1.54) is 38.5 Å². The van der Waals surface area contributed by atoms with Gasteiger partial charge >= 0.3 is 0 Å². The molecular weight excluding hydrogens is 326 g/mol. The number of aromatic nitrogens is 1. The lowest BCUT2D eigenvalue weighted by Crippen LogP contribution is -2.36. The molecule has 0 spiro atoms. The van der Waals surface area contributed by atoms with Crippen LogP contribution >= 0.6 is 0 Å². The molecule has 0 aliphatic heterocycles. The molecule has 0 saturated heterocycles. The quantitative estimate of drug-likeness (QED) is 0.406. The SMILES string of the molecule is O=C(NCCNC1CCCCCC1)c1ccc(C(=O)c2cc[nH]c2)cc1. The lowest BCUT2D eigenvalue weighted by molar-refractivity contribution is 0.0952. The summed E-state index contributed by atoms with van der Waals surface area (Å²) in [5.41, 5.74) is 1.77. The van der Waals surface area contributed by atoms with E-state index in [9.17, 15) is 9.59 Å². The van der Waals surface area contributed by atoms with Gasteiger partial charge in [-0.25, -0.2) is 0 Å². The summed E-state index contributed by atoms with van der Waals surface area (Å²) in [6, 6.07) is 9.14. The Bertz CT molecular complexity index is 699. The van der Waals surface area contributed by atoms with Gasteiger partial charge in [-0.1, -0.05) is 37.8 Å². The predicted molar refractivity (Wildman–Crippen MR) is 102 cm³/mol. The van der Waals surface area contributed by atoms with Crippen LogP contribution in [-0.4, -0.2) is 35.8 Å². The summed E-state index contributed by atoms with van der Waals surface area (Å²) in [5, 5.41) is 6.48. The molecule has 0 atom stereocenters. The second-order valence-electron chi connectivity index (χ2n) is 6.90. The van der Waals surface area contributed by atoms with Crippen LogP contribution in [0.15, 0.2) is 42.7 Å². The van der Waals surface area contributed by atoms with Crippen molar-refractivity contribution < 1.29 is 9.59 Å². The number of hydrogen-bond donors (Lipinski definition) is 3. The second kappa shape index (κ2) is 9.34. The Hall–Kier alpha value is -2.40. The van der Waals surface area contributed by atoms with Crippen LogP contribution in [0.1, 0.15) is 64.8 Å². The highest BCUT2D eigenvalue weighted by Crippen LogP contribution is 2.16. The highest BCUT2D eigenvalue weighted by molar-refractivity contribution is 6.09. The zero-order chi connectivity index (χ0) is 18.2. The van der Waals surface area contributed by atoms with Crippen molar-refractivity contribution in [3.8, 4) is 0 Å². The number of aromatic amines is 1. The molecule has 5 heteroatoms. The van der Waals surface area contributed by atoms with E-state index >= 15 is 0 Å². The number of amides is 1. The third-order valence-corrected chi connectivity index (χ3v) is 4.97. The Labute approximate surface area is 154 Å². The lowest BCUT2D eigenvalue weighted by Gasteiger charge is -2.16. The molecular formula is C21H27N3O2. The van der Waals surface area contributed by atoms with Gasteiger partial charge in [-0.15, -0.1) is 0 Å². The molecule has 0 radical (unpaired) electrons. The second-order valence-corrected chi connectivity index (χ2v) is 6.90. The van der Waals surface area contributed by atoms with Crippen LogP contribution in [0.4, 0.5) is 0 Å². The van der Waals surface area contributed by atoms with Gasteiger partial charge in [-0.05, 0) is 31.0 Å². The molecule has 0 bridgehead atoms. The third-order valence-electron chi connectivity index (χ3n) is 4.97. The maximum atomic E-state index is 12.2. The topological polar surface area (TPSA) is 74.0 Å². The number of rotatable bonds is 7. The minimum absolute atomic E-state index is 0.0502. The highest BCUT2D eigenvalue weighted by Gasteiger charge is 2.12. The van der Waals surface area contributed by atoms with Gasteiger partial charge in [0.05, 0.1) is 0 Å². The van der Waals surface area contributed by atoms with Crippen molar-refractivity contribution in [3.63, 3.8) is 0 Å². The molecule has 1 aliphatic carbocycles. The number of carbonyl (C=O) groups is 2. The van der Waals surface area contributed by atoms with E-state index in [1.54, 1.807) is 42.7 Å². The van der Waals surface area contributed by atoms with Gasteiger partial charge in [0.2, 0.25) is 0 Å². The van der Waals surface area contributed by atoms with E-state index in [-0.39, 0.29) is 11.7 Å². The molecule has 3 N–H and O–H groups in total. The first-order valence-corrected chi connectivity index (χ1v) is 9.53. The molecule has 1 aliphatic rings. The van der Waals surface area contributed by atoms with Crippen LogP contribution < -0.4 is 10.6 Å². The Kier molecular flexibility index (Phi) is 6.61. The number of nitrogens with one attached hydrogen (secondary N) is 3. The van der Waals surface area contributed by atoms with Crippen molar-refractivity contribution in [2.24, 2.45) is 0 Å². The van der Waals surface area contributed by atoms with E-state index < -0.39 is 0 Å². The Morgan fingerprint density at radius 1 is 0.885 bits per heavy atom. The summed E-state index contributed by atoms with van der Waals surface area (Å²) in [6.45, 7) is 1.40. The molecule has 3 rings (SSSR count). The van der Waals surface area contributed by atoms with Crippen LogP contribution in [0, 0.1) is 0 Å². The van der Waals surface area contributed by atoms with Gasteiger partial charge in [0.25, 0.3) is 5.91 Å². The molecule has 0 unspecified atom stereocenters. The molecule has 138 valence electrons. The fraction of sp³-hybridized carbons (Fsp3) is 0.429. The fourth-order valence-corrected chi connectivity index (χ4v) is 3.44.